The van der Waals surface area contributed by atoms with Crippen LogP contribution in [0.4, 0.5) is 0 Å². The van der Waals surface area contributed by atoms with Gasteiger partial charge in [-0.25, -0.2) is 8.42 Å². The number of carbonyl (C=O) groups is 4. The largest absolute Gasteiger partial charge is 0.367 e. The normalized spacial score (nSPS) is 26.6. The first-order chi connectivity index (χ1) is 14.2. The lowest BCUT2D eigenvalue weighted by molar-refractivity contribution is -0.149. The van der Waals surface area contributed by atoms with Crippen LogP contribution in [-0.2, 0) is 24.4 Å². The van der Waals surface area contributed by atoms with Crippen molar-refractivity contribution in [3.8, 4) is 0 Å². The monoisotopic (exact) mass is 434 g/mol. The second-order valence-electron chi connectivity index (χ2n) is 7.97. The zero-order valence-electron chi connectivity index (χ0n) is 16.2. The number of ketones is 1. The number of pyridine rings is 1. The summed E-state index contributed by atoms with van der Waals surface area (Å²) in [5.74, 6) is -1.76. The van der Waals surface area contributed by atoms with E-state index in [1.807, 2.05) is 0 Å². The Morgan fingerprint density at radius 2 is 1.97 bits per heavy atom. The Hall–Kier alpha value is -2.66. The maximum Gasteiger partial charge on any atom is 0.293 e. The standard InChI is InChI=1S/C19H22N4O6S/c20-18(27)19-14(7-9-22(19)16(25)6-5-12-3-4-12)23(11-15(19)24)30(28,29)17(26)13-2-1-8-21-10-13/h1-2,8,10,12,14H,3-7,9,11H2,(H2,20,27). The number of aromatic nitrogens is 1. The van der Waals surface area contributed by atoms with E-state index in [1.54, 1.807) is 0 Å². The van der Waals surface area contributed by atoms with Crippen molar-refractivity contribution in [3.63, 3.8) is 0 Å². The van der Waals surface area contributed by atoms with Crippen LogP contribution in [-0.4, -0.2) is 70.0 Å². The lowest BCUT2D eigenvalue weighted by Crippen LogP contribution is -2.64. The summed E-state index contributed by atoms with van der Waals surface area (Å²) in [6.07, 6.45) is 5.48. The smallest absolute Gasteiger partial charge is 0.293 e. The fourth-order valence-electron chi connectivity index (χ4n) is 4.49. The lowest BCUT2D eigenvalue weighted by Gasteiger charge is -2.34. The third kappa shape index (κ3) is 3.03. The molecule has 1 aromatic rings. The summed E-state index contributed by atoms with van der Waals surface area (Å²) in [6.45, 7) is -0.662. The van der Waals surface area contributed by atoms with Crippen LogP contribution in [0.25, 0.3) is 0 Å². The number of sulfonamides is 1. The fraction of sp³-hybridized carbons (Fsp3) is 0.526. The van der Waals surface area contributed by atoms with Gasteiger partial charge < -0.3 is 10.6 Å². The minimum atomic E-state index is -4.63. The first kappa shape index (κ1) is 20.6. The van der Waals surface area contributed by atoms with E-state index in [-0.39, 0.29) is 24.9 Å². The van der Waals surface area contributed by atoms with Gasteiger partial charge in [-0.2, -0.15) is 4.31 Å². The van der Waals surface area contributed by atoms with Gasteiger partial charge in [-0.15, -0.1) is 0 Å². The van der Waals surface area contributed by atoms with Crippen LogP contribution in [0.15, 0.2) is 24.5 Å². The van der Waals surface area contributed by atoms with Gasteiger partial charge in [0.2, 0.25) is 5.91 Å². The number of hydrogen-bond acceptors (Lipinski definition) is 7. The van der Waals surface area contributed by atoms with Crippen LogP contribution in [0.1, 0.15) is 42.5 Å². The number of rotatable bonds is 6. The first-order valence-corrected chi connectivity index (χ1v) is 11.2. The number of fused-ring (bicyclic) bond motifs is 1. The molecule has 2 amide bonds. The zero-order valence-corrected chi connectivity index (χ0v) is 17.0. The summed E-state index contributed by atoms with van der Waals surface area (Å²) in [5.41, 5.74) is 3.36. The maximum absolute atomic E-state index is 13.0. The average Bonchev–Trinajstić information content (AvgIpc) is 3.38. The molecular formula is C19H22N4O6S. The van der Waals surface area contributed by atoms with Crippen molar-refractivity contribution in [2.24, 2.45) is 11.7 Å². The van der Waals surface area contributed by atoms with Gasteiger partial charge in [-0.05, 0) is 30.9 Å². The molecule has 0 radical (unpaired) electrons. The summed E-state index contributed by atoms with van der Waals surface area (Å²) in [7, 11) is -4.63. The van der Waals surface area contributed by atoms with Crippen molar-refractivity contribution in [1.29, 1.82) is 0 Å². The van der Waals surface area contributed by atoms with Gasteiger partial charge in [0, 0.05) is 25.4 Å². The van der Waals surface area contributed by atoms with Crippen LogP contribution in [0.5, 0.6) is 0 Å². The van der Waals surface area contributed by atoms with Crippen LogP contribution in [0.2, 0.25) is 0 Å². The molecule has 0 aromatic carbocycles. The first-order valence-electron chi connectivity index (χ1n) is 9.80. The van der Waals surface area contributed by atoms with Gasteiger partial charge >= 0.3 is 0 Å². The van der Waals surface area contributed by atoms with E-state index in [1.165, 1.54) is 18.3 Å². The number of nitrogens with zero attached hydrogens (tertiary/aromatic N) is 3. The van der Waals surface area contributed by atoms with Crippen molar-refractivity contribution in [1.82, 2.24) is 14.2 Å². The van der Waals surface area contributed by atoms with Gasteiger partial charge in [0.15, 0.2) is 11.3 Å². The fourth-order valence-corrected chi connectivity index (χ4v) is 6.01. The molecule has 160 valence electrons. The van der Waals surface area contributed by atoms with Gasteiger partial charge in [0.1, 0.15) is 0 Å². The molecular weight excluding hydrogens is 412 g/mol. The SMILES string of the molecule is NC(=O)C12C(=O)CN(S(=O)(=O)C(=O)c3cccnc3)C1CCN2C(=O)CCC1CC1. The van der Waals surface area contributed by atoms with Crippen LogP contribution >= 0.6 is 0 Å². The highest BCUT2D eigenvalue weighted by Crippen LogP contribution is 2.42. The van der Waals surface area contributed by atoms with E-state index < -0.39 is 50.9 Å². The van der Waals surface area contributed by atoms with Crippen molar-refractivity contribution in [2.75, 3.05) is 13.1 Å². The minimum absolute atomic E-state index is 0.0238. The highest BCUT2D eigenvalue weighted by molar-refractivity contribution is 8.04. The number of carbonyl (C=O) groups excluding carboxylic acids is 4. The molecule has 3 heterocycles. The third-order valence-corrected chi connectivity index (χ3v) is 7.89. The Labute approximate surface area is 173 Å². The Kier molecular flexibility index (Phi) is 4.97. The molecule has 4 rings (SSSR count). The second-order valence-corrected chi connectivity index (χ2v) is 9.76. The maximum atomic E-state index is 13.0. The van der Waals surface area contributed by atoms with Crippen molar-refractivity contribution in [3.05, 3.63) is 30.1 Å². The molecule has 3 aliphatic rings. The molecule has 1 aliphatic carbocycles. The quantitative estimate of drug-likeness (QED) is 0.591. The van der Waals surface area contributed by atoms with E-state index in [0.29, 0.717) is 12.3 Å². The molecule has 2 N–H and O–H groups in total. The van der Waals surface area contributed by atoms with Crippen molar-refractivity contribution >= 4 is 32.7 Å². The molecule has 3 fully saturated rings. The summed E-state index contributed by atoms with van der Waals surface area (Å²) in [4.78, 5) is 55.8. The van der Waals surface area contributed by atoms with Gasteiger partial charge in [0.05, 0.1) is 18.2 Å². The van der Waals surface area contributed by atoms with Gasteiger partial charge in [-0.1, -0.05) is 12.8 Å². The van der Waals surface area contributed by atoms with Crippen molar-refractivity contribution < 1.29 is 27.6 Å². The molecule has 2 unspecified atom stereocenters. The minimum Gasteiger partial charge on any atom is -0.367 e. The van der Waals surface area contributed by atoms with Crippen LogP contribution in [0, 0.1) is 5.92 Å². The summed E-state index contributed by atoms with van der Waals surface area (Å²) in [6, 6.07) is 1.52. The number of nitrogens with two attached hydrogens (primary N) is 1. The van der Waals surface area contributed by atoms with Crippen LogP contribution < -0.4 is 5.73 Å². The highest BCUT2D eigenvalue weighted by Gasteiger charge is 2.68. The molecule has 2 atom stereocenters. The molecule has 1 aromatic heterocycles. The van der Waals surface area contributed by atoms with Crippen LogP contribution in [0.3, 0.4) is 0 Å². The van der Waals surface area contributed by atoms with E-state index in [0.717, 1.165) is 28.2 Å². The summed E-state index contributed by atoms with van der Waals surface area (Å²) in [5, 5.41) is -1.22. The third-order valence-electron chi connectivity index (χ3n) is 6.19. The average molecular weight is 434 g/mol. The predicted octanol–water partition coefficient (Wildman–Crippen LogP) is -0.548. The van der Waals surface area contributed by atoms with E-state index in [4.69, 9.17) is 5.73 Å². The summed E-state index contributed by atoms with van der Waals surface area (Å²) < 4.78 is 26.8. The predicted molar refractivity (Wildman–Crippen MR) is 103 cm³/mol. The molecule has 1 saturated carbocycles. The molecule has 2 aliphatic heterocycles. The molecule has 10 nitrogen and oxygen atoms in total. The second kappa shape index (κ2) is 7.24. The molecule has 2 saturated heterocycles. The zero-order chi connectivity index (χ0) is 21.7. The topological polar surface area (TPSA) is 148 Å². The van der Waals surface area contributed by atoms with E-state index >= 15 is 0 Å². The number of likely N-dealkylation sites (tertiary alicyclic amines) is 1. The molecule has 0 bridgehead atoms. The van der Waals surface area contributed by atoms with Gasteiger partial charge in [0.25, 0.3) is 21.0 Å². The van der Waals surface area contributed by atoms with Crippen molar-refractivity contribution in [2.45, 2.75) is 43.7 Å². The Morgan fingerprint density at radius 1 is 1.23 bits per heavy atom. The Balaban J connectivity index is 1.66. The molecule has 30 heavy (non-hydrogen) atoms. The number of Topliss-reactive ketones (excluding diaryl/α,β-unsaturated/α-hetero) is 1. The van der Waals surface area contributed by atoms with Gasteiger partial charge in [-0.3, -0.25) is 24.2 Å². The number of primary amides is 1. The Morgan fingerprint density at radius 3 is 2.57 bits per heavy atom. The van der Waals surface area contributed by atoms with E-state index in [9.17, 15) is 27.6 Å². The highest BCUT2D eigenvalue weighted by atomic mass is 32.2. The molecule has 11 heteroatoms. The Bertz CT molecular complexity index is 1020. The van der Waals surface area contributed by atoms with E-state index in [2.05, 4.69) is 4.98 Å². The lowest BCUT2D eigenvalue weighted by atomic mass is 9.89. The number of amides is 2. The summed E-state index contributed by atoms with van der Waals surface area (Å²) >= 11 is 0. The molecule has 0 spiro atoms. The number of hydrogen-bond donors (Lipinski definition) is 1.